The molecular weight excluding hydrogens is 792 g/mol. The summed E-state index contributed by atoms with van der Waals surface area (Å²) in [5, 5.41) is 62.9. The first-order valence-corrected chi connectivity index (χ1v) is 22.8. The van der Waals surface area contributed by atoms with Gasteiger partial charge >= 0.3 is 5.97 Å². The fourth-order valence-electron chi connectivity index (χ4n) is 10.2. The van der Waals surface area contributed by atoms with Gasteiger partial charge in [-0.25, -0.2) is 0 Å². The highest BCUT2D eigenvalue weighted by Gasteiger charge is 2.54. The van der Waals surface area contributed by atoms with Crippen LogP contribution in [0.1, 0.15) is 128 Å². The van der Waals surface area contributed by atoms with Crippen molar-refractivity contribution in [1.29, 1.82) is 0 Å². The topological polar surface area (TPSA) is 215 Å². The second kappa shape index (κ2) is 21.2. The molecule has 1 amide bonds. The molecule has 356 valence electrons. The van der Waals surface area contributed by atoms with Gasteiger partial charge in [-0.15, -0.1) is 0 Å². The predicted octanol–water partition coefficient (Wildman–Crippen LogP) is 3.05. The Kier molecular flexibility index (Phi) is 18.1. The largest absolute Gasteiger partial charge is 0.459 e. The van der Waals surface area contributed by atoms with Gasteiger partial charge in [0.25, 0.3) is 0 Å². The van der Waals surface area contributed by atoms with Gasteiger partial charge in [0.15, 0.2) is 12.6 Å². The van der Waals surface area contributed by atoms with Gasteiger partial charge in [-0.1, -0.05) is 27.7 Å². The average molecular weight is 875 g/mol. The van der Waals surface area contributed by atoms with Gasteiger partial charge in [0.1, 0.15) is 30.5 Å². The van der Waals surface area contributed by atoms with Crippen LogP contribution in [-0.4, -0.2) is 166 Å². The van der Waals surface area contributed by atoms with E-state index in [1.807, 2.05) is 34.7 Å². The highest BCUT2D eigenvalue weighted by Crippen LogP contribution is 2.42. The van der Waals surface area contributed by atoms with Gasteiger partial charge in [-0.3, -0.25) is 14.5 Å². The monoisotopic (exact) mass is 875 g/mol. The lowest BCUT2D eigenvalue weighted by Gasteiger charge is -2.50. The number of cyclic esters (lactones) is 1. The number of esters is 1. The molecule has 0 aromatic rings. The van der Waals surface area contributed by atoms with Crippen LogP contribution in [0.2, 0.25) is 0 Å². The quantitative estimate of drug-likeness (QED) is 0.156. The van der Waals surface area contributed by atoms with E-state index in [2.05, 4.69) is 10.2 Å². The molecule has 3 saturated heterocycles. The molecule has 16 nitrogen and oxygen atoms in total. The van der Waals surface area contributed by atoms with Crippen molar-refractivity contribution < 1.29 is 68.3 Å². The minimum absolute atomic E-state index is 0.0164. The van der Waals surface area contributed by atoms with Gasteiger partial charge in [0.2, 0.25) is 5.91 Å². The van der Waals surface area contributed by atoms with Gasteiger partial charge < -0.3 is 64.0 Å². The minimum atomic E-state index is -1.97. The molecule has 4 fully saturated rings. The maximum absolute atomic E-state index is 14.4. The Hall–Kier alpha value is -1.54. The summed E-state index contributed by atoms with van der Waals surface area (Å²) in [5.41, 5.74) is -4.81. The second-order valence-electron chi connectivity index (χ2n) is 20.0. The SMILES string of the molecule is CC[C@H]1OC(=O)[C@H](C)[C@@H](O[C@H]2C[C@@](C)(OC)[C@@H](O)[C@H](C)O2)[C@H](C)[C@@H](O[C@@H]2O[C@H](C)C[C@H](N(C)C(C)C)[C@H]2O)[C@](C)(O)C[C@@H](C)[C@H](OCC(=O)NC2CCC2)[C@H](C)[C@@H](O)[C@]1(C)O. The lowest BCUT2D eigenvalue weighted by Crippen LogP contribution is -2.62. The fourth-order valence-corrected chi connectivity index (χ4v) is 10.2. The molecule has 3 aliphatic heterocycles. The van der Waals surface area contributed by atoms with E-state index in [-0.39, 0.29) is 56.0 Å². The number of hydrogen-bond donors (Lipinski definition) is 6. The number of aliphatic hydroxyl groups excluding tert-OH is 3. The minimum Gasteiger partial charge on any atom is -0.459 e. The first-order chi connectivity index (χ1) is 28.3. The van der Waals surface area contributed by atoms with Crippen molar-refractivity contribution in [3.63, 3.8) is 0 Å². The number of methoxy groups -OCH3 is 1. The summed E-state index contributed by atoms with van der Waals surface area (Å²) in [4.78, 5) is 29.6. The Bertz CT molecular complexity index is 1410. The standard InChI is InChI=1S/C45H82N2O14/c1-15-32-45(12,54)38(50)26(6)36(56-22-33(48)46-30-17-16-18-30)24(4)20-43(10,53)40(61-42-35(49)31(19-25(5)57-42)47(13)23(2)3)27(7)37(28(8)41(52)59-32)60-34-21-44(11,55-14)39(51)29(9)58-34/h23-32,34-40,42,49-51,53-54H,15-22H2,1-14H3,(H,46,48)/t24-,25-,26+,27+,28-,29+,31+,32-,34+,35-,36+,37+,38-,39+,40-,42+,43-,44-,45-/m1/s1. The number of aliphatic hydroxyl groups is 5. The van der Waals surface area contributed by atoms with E-state index in [1.165, 1.54) is 14.0 Å². The number of nitrogens with one attached hydrogen (secondary N) is 1. The highest BCUT2D eigenvalue weighted by molar-refractivity contribution is 5.77. The molecule has 0 aromatic heterocycles. The molecule has 0 radical (unpaired) electrons. The molecule has 0 spiro atoms. The third-order valence-corrected chi connectivity index (χ3v) is 14.6. The third-order valence-electron chi connectivity index (χ3n) is 14.6. The van der Waals surface area contributed by atoms with Crippen LogP contribution in [0.3, 0.4) is 0 Å². The van der Waals surface area contributed by atoms with Gasteiger partial charge in [0, 0.05) is 43.5 Å². The Morgan fingerprint density at radius 2 is 1.57 bits per heavy atom. The molecule has 6 N–H and O–H groups in total. The lowest BCUT2D eigenvalue weighted by atomic mass is 9.73. The van der Waals surface area contributed by atoms with Crippen molar-refractivity contribution in [2.24, 2.45) is 23.7 Å². The van der Waals surface area contributed by atoms with Gasteiger partial charge in [-0.2, -0.15) is 0 Å². The summed E-state index contributed by atoms with van der Waals surface area (Å²) in [6, 6.07) is -0.165. The third kappa shape index (κ3) is 12.0. The Labute approximate surface area is 364 Å². The molecule has 3 heterocycles. The number of carbonyl (C=O) groups is 2. The van der Waals surface area contributed by atoms with Crippen LogP contribution in [0, 0.1) is 23.7 Å². The molecule has 1 aliphatic carbocycles. The Balaban J connectivity index is 1.84. The first-order valence-electron chi connectivity index (χ1n) is 22.8. The highest BCUT2D eigenvalue weighted by atomic mass is 16.7. The maximum Gasteiger partial charge on any atom is 0.311 e. The Morgan fingerprint density at radius 3 is 2.13 bits per heavy atom. The average Bonchev–Trinajstić information content (AvgIpc) is 3.17. The van der Waals surface area contributed by atoms with E-state index in [9.17, 15) is 35.1 Å². The van der Waals surface area contributed by atoms with E-state index in [0.717, 1.165) is 19.3 Å². The number of nitrogens with zero attached hydrogens (tertiary/aromatic N) is 1. The van der Waals surface area contributed by atoms with E-state index in [0.29, 0.717) is 6.42 Å². The molecule has 4 rings (SSSR count). The maximum atomic E-state index is 14.4. The molecule has 0 bridgehead atoms. The van der Waals surface area contributed by atoms with Crippen molar-refractivity contribution in [2.75, 3.05) is 20.8 Å². The summed E-state index contributed by atoms with van der Waals surface area (Å²) < 4.78 is 44.3. The summed E-state index contributed by atoms with van der Waals surface area (Å²) in [5.74, 6) is -4.38. The van der Waals surface area contributed by atoms with Crippen molar-refractivity contribution in [3.8, 4) is 0 Å². The lowest BCUT2D eigenvalue weighted by molar-refractivity contribution is -0.319. The summed E-state index contributed by atoms with van der Waals surface area (Å²) >= 11 is 0. The first kappa shape index (κ1) is 52.1. The summed E-state index contributed by atoms with van der Waals surface area (Å²) in [6.45, 7) is 20.8. The number of amides is 1. The summed E-state index contributed by atoms with van der Waals surface area (Å²) in [7, 11) is 3.43. The normalized spacial score (nSPS) is 46.1. The molecule has 1 saturated carbocycles. The van der Waals surface area contributed by atoms with Crippen LogP contribution in [0.5, 0.6) is 0 Å². The zero-order valence-electron chi connectivity index (χ0n) is 39.4. The van der Waals surface area contributed by atoms with Crippen molar-refractivity contribution in [3.05, 3.63) is 0 Å². The molecule has 61 heavy (non-hydrogen) atoms. The zero-order valence-corrected chi connectivity index (χ0v) is 39.4. The zero-order chi connectivity index (χ0) is 45.9. The fraction of sp³-hybridized carbons (Fsp3) is 0.956. The number of rotatable bonds is 12. The van der Waals surface area contributed by atoms with Crippen molar-refractivity contribution in [2.45, 2.75) is 230 Å². The number of ether oxygens (including phenoxy) is 7. The molecule has 0 aromatic carbocycles. The molecular formula is C45H82N2O14. The van der Waals surface area contributed by atoms with Crippen LogP contribution < -0.4 is 5.32 Å². The molecule has 0 unspecified atom stereocenters. The van der Waals surface area contributed by atoms with Crippen molar-refractivity contribution >= 4 is 11.9 Å². The van der Waals surface area contributed by atoms with Gasteiger partial charge in [0.05, 0.1) is 53.7 Å². The molecule has 4 aliphatic rings. The van der Waals surface area contributed by atoms with Crippen molar-refractivity contribution in [1.82, 2.24) is 10.2 Å². The van der Waals surface area contributed by atoms with Gasteiger partial charge in [-0.05, 0) is 107 Å². The number of carbonyl (C=O) groups excluding carboxylic acids is 2. The summed E-state index contributed by atoms with van der Waals surface area (Å²) in [6.07, 6.45) is -7.64. The van der Waals surface area contributed by atoms with Crippen LogP contribution >= 0.6 is 0 Å². The van der Waals surface area contributed by atoms with Crippen LogP contribution in [0.25, 0.3) is 0 Å². The van der Waals surface area contributed by atoms with E-state index in [4.69, 9.17) is 33.2 Å². The smallest absolute Gasteiger partial charge is 0.311 e. The van der Waals surface area contributed by atoms with E-state index in [1.54, 1.807) is 48.5 Å². The Morgan fingerprint density at radius 1 is 0.934 bits per heavy atom. The number of likely N-dealkylation sites (N-methyl/N-ethyl adjacent to an activating group) is 1. The van der Waals surface area contributed by atoms with Crippen LogP contribution in [-0.2, 0) is 42.7 Å². The molecule has 19 atom stereocenters. The van der Waals surface area contributed by atoms with E-state index < -0.39 is 108 Å². The van der Waals surface area contributed by atoms with Crippen LogP contribution in [0.4, 0.5) is 0 Å². The van der Waals surface area contributed by atoms with E-state index >= 15 is 0 Å². The molecule has 16 heteroatoms. The number of hydrogen-bond acceptors (Lipinski definition) is 15. The predicted molar refractivity (Wildman–Crippen MR) is 226 cm³/mol. The second-order valence-corrected chi connectivity index (χ2v) is 20.0. The van der Waals surface area contributed by atoms with Crippen LogP contribution in [0.15, 0.2) is 0 Å².